The van der Waals surface area contributed by atoms with E-state index in [9.17, 15) is 4.79 Å². The molecule has 9 nitrogen and oxygen atoms in total. The average molecular weight is 793 g/mol. The molecule has 0 spiro atoms. The third-order valence-corrected chi connectivity index (χ3v) is 11.6. The van der Waals surface area contributed by atoms with E-state index in [-0.39, 0.29) is 6.03 Å². The topological polar surface area (TPSA) is 93.8 Å². The van der Waals surface area contributed by atoms with Gasteiger partial charge in [0.25, 0.3) is 0 Å². The molecule has 8 aromatic rings. The van der Waals surface area contributed by atoms with Gasteiger partial charge >= 0.3 is 6.03 Å². The normalized spacial score (nSPS) is 11.5. The minimum absolute atomic E-state index is 0.113. The number of aryl methyl sites for hydroxylation is 1. The van der Waals surface area contributed by atoms with E-state index in [4.69, 9.17) is 15.3 Å². The second-order valence-corrected chi connectivity index (χ2v) is 15.3. The van der Waals surface area contributed by atoms with Crippen molar-refractivity contribution < 1.29 is 4.79 Å². The lowest BCUT2D eigenvalue weighted by molar-refractivity contribution is 0.248. The van der Waals surface area contributed by atoms with Crippen molar-refractivity contribution in [2.75, 3.05) is 18.5 Å². The van der Waals surface area contributed by atoms with E-state index >= 15 is 0 Å². The molecule has 1 N–H and O–H groups in total. The molecule has 0 saturated carbocycles. The Morgan fingerprint density at radius 2 is 1.28 bits per heavy atom. The van der Waals surface area contributed by atoms with E-state index in [1.165, 1.54) is 0 Å². The average Bonchev–Trinajstić information content (AvgIpc) is 3.93. The number of tetrazole rings is 1. The molecule has 0 unspecified atom stereocenters. The molecule has 0 saturated heterocycles. The van der Waals surface area contributed by atoms with E-state index in [1.54, 1.807) is 7.05 Å². The first-order chi connectivity index (χ1) is 29.5. The van der Waals surface area contributed by atoms with Gasteiger partial charge in [-0.05, 0) is 87.8 Å². The summed E-state index contributed by atoms with van der Waals surface area (Å²) in [5, 5.41) is 16.9. The van der Waals surface area contributed by atoms with Gasteiger partial charge in [0.05, 0.1) is 16.7 Å². The second-order valence-electron chi connectivity index (χ2n) is 15.3. The Morgan fingerprint density at radius 1 is 0.683 bits per heavy atom. The largest absolute Gasteiger partial charge is 0.341 e. The van der Waals surface area contributed by atoms with Gasteiger partial charge in [-0.1, -0.05) is 161 Å². The maximum absolute atomic E-state index is 13.1. The number of aromatic nitrogens is 6. The zero-order valence-electron chi connectivity index (χ0n) is 34.9. The molecule has 2 heterocycles. The van der Waals surface area contributed by atoms with Crippen molar-refractivity contribution in [1.29, 1.82) is 0 Å². The lowest BCUT2D eigenvalue weighted by Gasteiger charge is -2.36. The number of carbonyl (C=O) groups is 1. The summed E-state index contributed by atoms with van der Waals surface area (Å²) in [6.07, 6.45) is 5.96. The summed E-state index contributed by atoms with van der Waals surface area (Å²) >= 11 is 0. The number of rotatable bonds is 15. The van der Waals surface area contributed by atoms with Gasteiger partial charge in [-0.25, -0.2) is 14.5 Å². The van der Waals surface area contributed by atoms with E-state index in [0.717, 1.165) is 106 Å². The molecule has 0 aliphatic carbocycles. The molecule has 60 heavy (non-hydrogen) atoms. The van der Waals surface area contributed by atoms with Crippen molar-refractivity contribution in [3.8, 4) is 28.2 Å². The number of nitrogens with zero attached hydrogens (tertiary/aromatic N) is 7. The van der Waals surface area contributed by atoms with Crippen LogP contribution in [0.4, 0.5) is 10.5 Å². The zero-order valence-corrected chi connectivity index (χ0v) is 34.9. The van der Waals surface area contributed by atoms with Crippen molar-refractivity contribution in [1.82, 2.24) is 35.1 Å². The predicted molar refractivity (Wildman–Crippen MR) is 243 cm³/mol. The first kappa shape index (κ1) is 39.9. The summed E-state index contributed by atoms with van der Waals surface area (Å²) < 4.78 is 4.31. The van der Waals surface area contributed by atoms with E-state index in [0.29, 0.717) is 12.4 Å². The first-order valence-corrected chi connectivity index (χ1v) is 21.2. The number of nitrogens with one attached hydrogen (secondary N) is 1. The fraction of sp³-hybridized carbons (Fsp3) is 0.235. The maximum Gasteiger partial charge on any atom is 0.321 e. The highest BCUT2D eigenvalue weighted by molar-refractivity contribution is 5.94. The molecule has 0 aliphatic heterocycles. The smallest absolute Gasteiger partial charge is 0.321 e. The molecule has 2 amide bonds. The molecular weight excluding hydrogens is 741 g/mol. The highest BCUT2D eigenvalue weighted by atomic mass is 16.2. The monoisotopic (exact) mass is 792 g/mol. The Labute approximate surface area is 352 Å². The van der Waals surface area contributed by atoms with Gasteiger partial charge < -0.3 is 5.32 Å². The minimum atomic E-state index is -0.890. The number of carbonyl (C=O) groups excluding carboxylic acids is 1. The third kappa shape index (κ3) is 7.36. The highest BCUT2D eigenvalue weighted by Crippen LogP contribution is 2.44. The van der Waals surface area contributed by atoms with Crippen molar-refractivity contribution >= 4 is 22.8 Å². The Kier molecular flexibility index (Phi) is 11.9. The first-order valence-electron chi connectivity index (χ1n) is 21.2. The Morgan fingerprint density at radius 3 is 1.90 bits per heavy atom. The number of imidazole rings is 1. The molecule has 0 aliphatic rings. The van der Waals surface area contributed by atoms with Gasteiger partial charge in [-0.15, -0.1) is 5.10 Å². The fourth-order valence-corrected chi connectivity index (χ4v) is 8.62. The van der Waals surface area contributed by atoms with Gasteiger partial charge in [-0.3, -0.25) is 9.47 Å². The highest BCUT2D eigenvalue weighted by Gasteiger charge is 2.42. The number of benzene rings is 6. The van der Waals surface area contributed by atoms with Crippen molar-refractivity contribution in [3.05, 3.63) is 180 Å². The van der Waals surface area contributed by atoms with Crippen LogP contribution in [0.3, 0.4) is 0 Å². The summed E-state index contributed by atoms with van der Waals surface area (Å²) in [6.45, 7) is 7.22. The van der Waals surface area contributed by atoms with Gasteiger partial charge in [-0.2, -0.15) is 0 Å². The Balaban J connectivity index is 1.29. The molecule has 6 aromatic carbocycles. The molecular formula is C51H52N8O. The van der Waals surface area contributed by atoms with Crippen LogP contribution in [0, 0.1) is 6.92 Å². The van der Waals surface area contributed by atoms with Gasteiger partial charge in [0.15, 0.2) is 5.82 Å². The minimum Gasteiger partial charge on any atom is -0.341 e. The predicted octanol–water partition coefficient (Wildman–Crippen LogP) is 11.2. The number of fused-ring (bicyclic) bond motifs is 1. The van der Waals surface area contributed by atoms with E-state index in [1.807, 2.05) is 27.8 Å². The lowest BCUT2D eigenvalue weighted by atomic mass is 9.77. The zero-order chi connectivity index (χ0) is 41.5. The molecule has 0 fully saturated rings. The number of anilines is 1. The Bertz CT molecular complexity index is 2590. The summed E-state index contributed by atoms with van der Waals surface area (Å²) in [4.78, 5) is 20.2. The summed E-state index contributed by atoms with van der Waals surface area (Å²) in [5.74, 6) is 1.65. The van der Waals surface area contributed by atoms with Crippen LogP contribution in [0.2, 0.25) is 0 Å². The van der Waals surface area contributed by atoms with E-state index < -0.39 is 5.54 Å². The van der Waals surface area contributed by atoms with Crippen molar-refractivity contribution in [2.45, 2.75) is 64.8 Å². The number of hydrogen-bond donors (Lipinski definition) is 1. The van der Waals surface area contributed by atoms with Crippen LogP contribution in [0.15, 0.2) is 152 Å². The van der Waals surface area contributed by atoms with Crippen molar-refractivity contribution in [2.24, 2.45) is 0 Å². The number of urea groups is 1. The van der Waals surface area contributed by atoms with Crippen LogP contribution in [0.25, 0.3) is 39.2 Å². The third-order valence-electron chi connectivity index (χ3n) is 11.6. The Hall–Kier alpha value is -6.87. The van der Waals surface area contributed by atoms with Crippen LogP contribution >= 0.6 is 0 Å². The molecule has 0 atom stereocenters. The SMILES string of the molecule is CCCCCN(C(=O)NC)c1ccc2c(c1)nc(CCCC)n2-c1cccc(-c2ccccc2-c2nnnn2C(c2ccccc2)(c2ccccc2)c2ccccc2)c1C. The molecule has 302 valence electrons. The van der Waals surface area contributed by atoms with Gasteiger partial charge in [0.2, 0.25) is 0 Å². The second kappa shape index (κ2) is 18.0. The van der Waals surface area contributed by atoms with Gasteiger partial charge in [0.1, 0.15) is 11.4 Å². The van der Waals surface area contributed by atoms with Crippen LogP contribution in [0.5, 0.6) is 0 Å². The van der Waals surface area contributed by atoms with Crippen LogP contribution < -0.4 is 10.2 Å². The molecule has 0 radical (unpaired) electrons. The summed E-state index contributed by atoms with van der Waals surface area (Å²) in [7, 11) is 1.69. The van der Waals surface area contributed by atoms with Gasteiger partial charge in [0, 0.05) is 31.3 Å². The van der Waals surface area contributed by atoms with Crippen LogP contribution in [-0.4, -0.2) is 49.4 Å². The summed E-state index contributed by atoms with van der Waals surface area (Å²) in [5.41, 5.74) is 10.1. The molecule has 9 heteroatoms. The molecule has 0 bridgehead atoms. The number of amides is 2. The quantitative estimate of drug-likeness (QED) is 0.0824. The number of unbranched alkanes of at least 4 members (excludes halogenated alkanes) is 3. The lowest BCUT2D eigenvalue weighted by Crippen LogP contribution is -2.39. The summed E-state index contributed by atoms with van der Waals surface area (Å²) in [6, 6.07) is 52.5. The van der Waals surface area contributed by atoms with Crippen LogP contribution in [0.1, 0.15) is 74.0 Å². The standard InChI is InChI=1S/C51H52N8O/c1-5-7-20-35-57(50(60)52-4)41-33-34-47-45(36-41)53-48(32-8-6-2)58(47)46-31-21-30-42(37(46)3)43-28-18-19-29-44(43)49-54-55-56-59(49)51(38-22-12-9-13-23-38,39-24-14-10-15-25-39)40-26-16-11-17-27-40/h9-19,21-31,33-34,36H,5-8,20,32,35H2,1-4H3,(H,52,60). The van der Waals surface area contributed by atoms with Crippen LogP contribution in [-0.2, 0) is 12.0 Å². The fourth-order valence-electron chi connectivity index (χ4n) is 8.62. The van der Waals surface area contributed by atoms with Crippen molar-refractivity contribution in [3.63, 3.8) is 0 Å². The maximum atomic E-state index is 13.1. The molecule has 2 aromatic heterocycles. The van der Waals surface area contributed by atoms with E-state index in [2.05, 4.69) is 169 Å². The number of hydrogen-bond acceptors (Lipinski definition) is 5. The molecule has 8 rings (SSSR count).